The molecule has 0 fully saturated rings. The molecule has 0 aromatic heterocycles. The third-order valence-electron chi connectivity index (χ3n) is 2.13. The van der Waals surface area contributed by atoms with Crippen molar-refractivity contribution in [2.24, 2.45) is 11.1 Å². The molecule has 0 bridgehead atoms. The molecule has 0 aliphatic carbocycles. The van der Waals surface area contributed by atoms with E-state index in [1.165, 1.54) is 6.08 Å². The summed E-state index contributed by atoms with van der Waals surface area (Å²) in [6.45, 7) is 5.64. The monoisotopic (exact) mass is 203 g/mol. The molecule has 0 aliphatic heterocycles. The first-order valence-electron chi connectivity index (χ1n) is 4.98. The molecule has 2 N–H and O–H groups in total. The molecule has 0 radical (unpaired) electrons. The predicted octanol–water partition coefficient (Wildman–Crippen LogP) is 2.60. The Bertz CT molecular complexity index is 371. The van der Waals surface area contributed by atoms with Gasteiger partial charge in [0.1, 0.15) is 0 Å². The van der Waals surface area contributed by atoms with Crippen LogP contribution in [0.15, 0.2) is 36.4 Å². The summed E-state index contributed by atoms with van der Waals surface area (Å²) in [4.78, 5) is 11.7. The number of hydrogen-bond acceptors (Lipinski definition) is 2. The molecule has 2 heteroatoms. The van der Waals surface area contributed by atoms with Crippen molar-refractivity contribution in [1.82, 2.24) is 0 Å². The van der Waals surface area contributed by atoms with Gasteiger partial charge in [0.05, 0.1) is 0 Å². The Morgan fingerprint density at radius 3 is 2.20 bits per heavy atom. The minimum Gasteiger partial charge on any atom is -0.398 e. The Balaban J connectivity index is 2.91. The van der Waals surface area contributed by atoms with Gasteiger partial charge in [-0.2, -0.15) is 0 Å². The Hall–Kier alpha value is -1.57. The largest absolute Gasteiger partial charge is 0.398 e. The third kappa shape index (κ3) is 3.24. The number of allylic oxidation sites excluding steroid dienone is 1. The van der Waals surface area contributed by atoms with Crippen LogP contribution in [0.3, 0.4) is 0 Å². The summed E-state index contributed by atoms with van der Waals surface area (Å²) in [5.74, 6) is 0.0452. The first-order valence-corrected chi connectivity index (χ1v) is 4.98. The van der Waals surface area contributed by atoms with Crippen molar-refractivity contribution >= 4 is 11.5 Å². The standard InChI is InChI=1S/C13H17NO/c1-13(2,3)12(15)9-11(14)10-7-5-4-6-8-10/h4-9H,14H2,1-3H3/b11-9+. The van der Waals surface area contributed by atoms with Gasteiger partial charge in [-0.05, 0) is 5.56 Å². The maximum atomic E-state index is 11.7. The zero-order chi connectivity index (χ0) is 11.5. The molecule has 1 rings (SSSR count). The van der Waals surface area contributed by atoms with Crippen molar-refractivity contribution in [3.05, 3.63) is 42.0 Å². The van der Waals surface area contributed by atoms with Crippen LogP contribution < -0.4 is 5.73 Å². The lowest BCUT2D eigenvalue weighted by atomic mass is 9.90. The van der Waals surface area contributed by atoms with Gasteiger partial charge in [0, 0.05) is 17.2 Å². The molecular weight excluding hydrogens is 186 g/mol. The van der Waals surface area contributed by atoms with Crippen LogP contribution in [0.5, 0.6) is 0 Å². The topological polar surface area (TPSA) is 43.1 Å². The molecule has 0 heterocycles. The van der Waals surface area contributed by atoms with Crippen molar-refractivity contribution in [3.63, 3.8) is 0 Å². The highest BCUT2D eigenvalue weighted by Crippen LogP contribution is 2.17. The molecule has 0 saturated heterocycles. The lowest BCUT2D eigenvalue weighted by molar-refractivity contribution is -0.121. The van der Waals surface area contributed by atoms with E-state index in [1.54, 1.807) is 0 Å². The van der Waals surface area contributed by atoms with Gasteiger partial charge >= 0.3 is 0 Å². The van der Waals surface area contributed by atoms with Gasteiger partial charge < -0.3 is 5.73 Å². The highest BCUT2D eigenvalue weighted by atomic mass is 16.1. The second-order valence-corrected chi connectivity index (χ2v) is 4.58. The molecule has 0 amide bonds. The number of ketones is 1. The Morgan fingerprint density at radius 2 is 1.73 bits per heavy atom. The first-order chi connectivity index (χ1) is 6.91. The van der Waals surface area contributed by atoms with Crippen molar-refractivity contribution in [1.29, 1.82) is 0 Å². The van der Waals surface area contributed by atoms with E-state index in [1.807, 2.05) is 51.1 Å². The molecule has 0 aliphatic rings. The Morgan fingerprint density at radius 1 is 1.20 bits per heavy atom. The Kier molecular flexibility index (Phi) is 3.30. The van der Waals surface area contributed by atoms with Crippen LogP contribution in [-0.4, -0.2) is 5.78 Å². The fraction of sp³-hybridized carbons (Fsp3) is 0.308. The number of benzene rings is 1. The highest BCUT2D eigenvalue weighted by molar-refractivity contribution is 5.99. The minimum atomic E-state index is -0.376. The van der Waals surface area contributed by atoms with Crippen LogP contribution in [0.4, 0.5) is 0 Å². The van der Waals surface area contributed by atoms with E-state index in [0.29, 0.717) is 5.70 Å². The molecule has 0 unspecified atom stereocenters. The van der Waals surface area contributed by atoms with Gasteiger partial charge in [0.25, 0.3) is 0 Å². The van der Waals surface area contributed by atoms with Crippen LogP contribution in [-0.2, 0) is 4.79 Å². The lowest BCUT2D eigenvalue weighted by Gasteiger charge is -2.14. The highest BCUT2D eigenvalue weighted by Gasteiger charge is 2.19. The average Bonchev–Trinajstić information content (AvgIpc) is 2.17. The molecular formula is C13H17NO. The van der Waals surface area contributed by atoms with Gasteiger partial charge in [0.15, 0.2) is 5.78 Å². The number of nitrogens with two attached hydrogens (primary N) is 1. The molecule has 1 aromatic rings. The zero-order valence-corrected chi connectivity index (χ0v) is 9.45. The van der Waals surface area contributed by atoms with Gasteiger partial charge in [-0.3, -0.25) is 4.79 Å². The van der Waals surface area contributed by atoms with Crippen molar-refractivity contribution in [2.45, 2.75) is 20.8 Å². The van der Waals surface area contributed by atoms with Crippen LogP contribution >= 0.6 is 0 Å². The molecule has 0 saturated carbocycles. The van der Waals surface area contributed by atoms with Gasteiger partial charge in [-0.15, -0.1) is 0 Å². The van der Waals surface area contributed by atoms with E-state index in [4.69, 9.17) is 5.73 Å². The van der Waals surface area contributed by atoms with Crippen LogP contribution in [0.25, 0.3) is 5.70 Å². The first kappa shape index (κ1) is 11.5. The molecule has 80 valence electrons. The second kappa shape index (κ2) is 4.30. The van der Waals surface area contributed by atoms with Crippen molar-refractivity contribution in [3.8, 4) is 0 Å². The quantitative estimate of drug-likeness (QED) is 0.751. The maximum absolute atomic E-state index is 11.7. The van der Waals surface area contributed by atoms with E-state index in [2.05, 4.69) is 0 Å². The maximum Gasteiger partial charge on any atom is 0.163 e. The summed E-state index contributed by atoms with van der Waals surface area (Å²) in [5.41, 5.74) is 6.87. The summed E-state index contributed by atoms with van der Waals surface area (Å²) in [6, 6.07) is 9.50. The smallest absolute Gasteiger partial charge is 0.163 e. The van der Waals surface area contributed by atoms with Gasteiger partial charge in [0.2, 0.25) is 0 Å². The molecule has 1 aromatic carbocycles. The fourth-order valence-corrected chi connectivity index (χ4v) is 1.07. The number of carbonyl (C=O) groups is 1. The normalized spacial score (nSPS) is 12.6. The summed E-state index contributed by atoms with van der Waals surface area (Å²) in [7, 11) is 0. The molecule has 0 spiro atoms. The van der Waals surface area contributed by atoms with E-state index in [9.17, 15) is 4.79 Å². The Labute approximate surface area is 90.8 Å². The SMILES string of the molecule is CC(C)(C)C(=O)/C=C(/N)c1ccccc1. The van der Waals surface area contributed by atoms with E-state index in [-0.39, 0.29) is 11.2 Å². The van der Waals surface area contributed by atoms with Gasteiger partial charge in [-0.25, -0.2) is 0 Å². The van der Waals surface area contributed by atoms with Crippen LogP contribution in [0, 0.1) is 5.41 Å². The van der Waals surface area contributed by atoms with E-state index < -0.39 is 0 Å². The number of rotatable bonds is 2. The van der Waals surface area contributed by atoms with Gasteiger partial charge in [-0.1, -0.05) is 51.1 Å². The fourth-order valence-electron chi connectivity index (χ4n) is 1.07. The van der Waals surface area contributed by atoms with E-state index in [0.717, 1.165) is 5.56 Å². The van der Waals surface area contributed by atoms with Crippen molar-refractivity contribution < 1.29 is 4.79 Å². The number of carbonyl (C=O) groups excluding carboxylic acids is 1. The van der Waals surface area contributed by atoms with Crippen LogP contribution in [0.1, 0.15) is 26.3 Å². The molecule has 0 atom stereocenters. The number of hydrogen-bond donors (Lipinski definition) is 1. The second-order valence-electron chi connectivity index (χ2n) is 4.58. The lowest BCUT2D eigenvalue weighted by Crippen LogP contribution is -2.18. The van der Waals surface area contributed by atoms with Crippen molar-refractivity contribution in [2.75, 3.05) is 0 Å². The van der Waals surface area contributed by atoms with Crippen LogP contribution in [0.2, 0.25) is 0 Å². The van der Waals surface area contributed by atoms with E-state index >= 15 is 0 Å². The zero-order valence-electron chi connectivity index (χ0n) is 9.45. The average molecular weight is 203 g/mol. The summed E-state index contributed by atoms with van der Waals surface area (Å²) in [5, 5.41) is 0. The predicted molar refractivity (Wildman–Crippen MR) is 63.1 cm³/mol. The molecule has 2 nitrogen and oxygen atoms in total. The summed E-state index contributed by atoms with van der Waals surface area (Å²) >= 11 is 0. The summed E-state index contributed by atoms with van der Waals surface area (Å²) < 4.78 is 0. The minimum absolute atomic E-state index is 0.0452. The third-order valence-corrected chi connectivity index (χ3v) is 2.13. The molecule has 15 heavy (non-hydrogen) atoms. The summed E-state index contributed by atoms with van der Waals surface area (Å²) in [6.07, 6.45) is 1.51.